The second kappa shape index (κ2) is 5.14. The second-order valence-corrected chi connectivity index (χ2v) is 7.07. The van der Waals surface area contributed by atoms with E-state index in [1.807, 2.05) is 11.9 Å². The van der Waals surface area contributed by atoms with Crippen LogP contribution in [-0.2, 0) is 9.53 Å². The highest BCUT2D eigenvalue weighted by atomic mass is 16.5. The Morgan fingerprint density at radius 1 is 1.21 bits per heavy atom. The predicted molar refractivity (Wildman–Crippen MR) is 85.8 cm³/mol. The number of nitrogens with zero attached hydrogens (tertiary/aromatic N) is 6. The fraction of sp³-hybridized carbons (Fsp3) is 0.625. The van der Waals surface area contributed by atoms with Crippen LogP contribution >= 0.6 is 0 Å². The average Bonchev–Trinajstić information content (AvgIpc) is 3.33. The molecule has 8 heteroatoms. The van der Waals surface area contributed by atoms with Gasteiger partial charge in [-0.05, 0) is 18.9 Å². The summed E-state index contributed by atoms with van der Waals surface area (Å²) in [7, 11) is 1.88. The van der Waals surface area contributed by atoms with Gasteiger partial charge in [0.15, 0.2) is 0 Å². The van der Waals surface area contributed by atoms with Gasteiger partial charge in [-0.3, -0.25) is 4.79 Å². The molecule has 2 atom stereocenters. The molecule has 24 heavy (non-hydrogen) atoms. The number of amides is 1. The standard InChI is InChI=1S/C16H20N6O2/c1-20-12-6-21(5-11(16(20)23)7-24-8-12)14-4-13(10-2-3-10)19-22-9-17-18-15(14)22/h4,9-12H,2-3,5-8H2,1H3/t11-,12+/m1/s1. The Kier molecular flexibility index (Phi) is 3.03. The third-order valence-corrected chi connectivity index (χ3v) is 5.35. The van der Waals surface area contributed by atoms with Gasteiger partial charge in [-0.15, -0.1) is 10.2 Å². The summed E-state index contributed by atoms with van der Waals surface area (Å²) < 4.78 is 7.47. The van der Waals surface area contributed by atoms with Gasteiger partial charge in [0, 0.05) is 26.1 Å². The lowest BCUT2D eigenvalue weighted by atomic mass is 10.1. The van der Waals surface area contributed by atoms with E-state index < -0.39 is 0 Å². The van der Waals surface area contributed by atoms with Gasteiger partial charge in [-0.25, -0.2) is 0 Å². The van der Waals surface area contributed by atoms with Crippen LogP contribution in [0.3, 0.4) is 0 Å². The first-order valence-corrected chi connectivity index (χ1v) is 8.51. The topological polar surface area (TPSA) is 75.9 Å². The van der Waals surface area contributed by atoms with Crippen LogP contribution in [0, 0.1) is 5.92 Å². The lowest BCUT2D eigenvalue weighted by Gasteiger charge is -2.31. The molecule has 3 fully saturated rings. The summed E-state index contributed by atoms with van der Waals surface area (Å²) in [6.45, 7) is 2.46. The Balaban J connectivity index is 1.59. The molecule has 5 rings (SSSR count). The Morgan fingerprint density at radius 3 is 2.92 bits per heavy atom. The summed E-state index contributed by atoms with van der Waals surface area (Å²) in [5, 5.41) is 12.9. The largest absolute Gasteiger partial charge is 0.378 e. The smallest absolute Gasteiger partial charge is 0.229 e. The zero-order valence-corrected chi connectivity index (χ0v) is 13.6. The van der Waals surface area contributed by atoms with Crippen LogP contribution in [-0.4, -0.2) is 70.0 Å². The van der Waals surface area contributed by atoms with Crippen LogP contribution in [0.2, 0.25) is 0 Å². The van der Waals surface area contributed by atoms with E-state index in [4.69, 9.17) is 4.74 Å². The van der Waals surface area contributed by atoms with Gasteiger partial charge in [-0.2, -0.15) is 9.61 Å². The Bertz CT molecular complexity index is 801. The molecule has 0 unspecified atom stereocenters. The molecule has 2 aromatic heterocycles. The van der Waals surface area contributed by atoms with Crippen LogP contribution in [0.25, 0.3) is 5.65 Å². The number of carbonyl (C=O) groups is 1. The zero-order chi connectivity index (χ0) is 16.3. The number of fused-ring (bicyclic) bond motifs is 4. The van der Waals surface area contributed by atoms with Crippen molar-refractivity contribution in [3.05, 3.63) is 18.1 Å². The van der Waals surface area contributed by atoms with Gasteiger partial charge in [0.25, 0.3) is 0 Å². The molecule has 2 aromatic rings. The zero-order valence-electron chi connectivity index (χ0n) is 13.6. The van der Waals surface area contributed by atoms with Crippen LogP contribution in [0.4, 0.5) is 5.69 Å². The molecular formula is C16H20N6O2. The van der Waals surface area contributed by atoms with E-state index in [0.717, 1.165) is 23.6 Å². The lowest BCUT2D eigenvalue weighted by Crippen LogP contribution is -2.43. The van der Waals surface area contributed by atoms with Crippen molar-refractivity contribution in [2.24, 2.45) is 5.92 Å². The first-order chi connectivity index (χ1) is 11.7. The van der Waals surface area contributed by atoms with E-state index >= 15 is 0 Å². The monoisotopic (exact) mass is 328 g/mol. The molecule has 0 spiro atoms. The number of aromatic nitrogens is 4. The number of hydrogen-bond acceptors (Lipinski definition) is 6. The highest BCUT2D eigenvalue weighted by molar-refractivity contribution is 5.81. The van der Waals surface area contributed by atoms with Crippen molar-refractivity contribution in [3.8, 4) is 0 Å². The minimum Gasteiger partial charge on any atom is -0.378 e. The summed E-state index contributed by atoms with van der Waals surface area (Å²) in [6.07, 6.45) is 4.05. The molecule has 1 amide bonds. The Labute approximate surface area is 139 Å². The van der Waals surface area contributed by atoms with Crippen molar-refractivity contribution in [3.63, 3.8) is 0 Å². The van der Waals surface area contributed by atoms with Crippen LogP contribution in [0.5, 0.6) is 0 Å². The highest BCUT2D eigenvalue weighted by Gasteiger charge is 2.38. The molecule has 2 aliphatic heterocycles. The maximum atomic E-state index is 12.6. The number of likely N-dealkylation sites (N-methyl/N-ethyl adjacent to an activating group) is 1. The maximum absolute atomic E-state index is 12.6. The summed E-state index contributed by atoms with van der Waals surface area (Å²) in [4.78, 5) is 16.7. The fourth-order valence-electron chi connectivity index (χ4n) is 3.74. The van der Waals surface area contributed by atoms with Gasteiger partial charge in [0.1, 0.15) is 6.33 Å². The molecule has 126 valence electrons. The minimum atomic E-state index is -0.136. The fourth-order valence-corrected chi connectivity index (χ4v) is 3.74. The number of carbonyl (C=O) groups excluding carboxylic acids is 1. The number of rotatable bonds is 2. The van der Waals surface area contributed by atoms with Crippen molar-refractivity contribution in [2.75, 3.05) is 38.3 Å². The van der Waals surface area contributed by atoms with Gasteiger partial charge >= 0.3 is 0 Å². The van der Waals surface area contributed by atoms with E-state index in [1.165, 1.54) is 12.8 Å². The van der Waals surface area contributed by atoms with E-state index in [-0.39, 0.29) is 17.9 Å². The van der Waals surface area contributed by atoms with E-state index in [9.17, 15) is 4.79 Å². The van der Waals surface area contributed by atoms with Crippen molar-refractivity contribution in [1.82, 2.24) is 24.7 Å². The molecule has 8 nitrogen and oxygen atoms in total. The summed E-state index contributed by atoms with van der Waals surface area (Å²) >= 11 is 0. The number of hydrogen-bond donors (Lipinski definition) is 0. The molecule has 2 bridgehead atoms. The van der Waals surface area contributed by atoms with Crippen molar-refractivity contribution >= 4 is 17.2 Å². The molecule has 4 heterocycles. The molecule has 2 saturated heterocycles. The van der Waals surface area contributed by atoms with Gasteiger partial charge < -0.3 is 14.5 Å². The van der Waals surface area contributed by atoms with E-state index in [1.54, 1.807) is 10.8 Å². The molecule has 3 aliphatic rings. The summed E-state index contributed by atoms with van der Waals surface area (Å²) in [5.41, 5.74) is 2.89. The first-order valence-electron chi connectivity index (χ1n) is 8.51. The minimum absolute atomic E-state index is 0.0607. The lowest BCUT2D eigenvalue weighted by molar-refractivity contribution is -0.133. The Hall–Kier alpha value is -2.22. The summed E-state index contributed by atoms with van der Waals surface area (Å²) in [5.74, 6) is 0.589. The third-order valence-electron chi connectivity index (χ3n) is 5.35. The number of anilines is 1. The predicted octanol–water partition coefficient (Wildman–Crippen LogP) is 0.295. The van der Waals surface area contributed by atoms with Gasteiger partial charge in [0.2, 0.25) is 11.6 Å². The third kappa shape index (κ3) is 2.16. The summed E-state index contributed by atoms with van der Waals surface area (Å²) in [6, 6.07) is 2.21. The van der Waals surface area contributed by atoms with Crippen LogP contribution < -0.4 is 4.90 Å². The molecular weight excluding hydrogens is 308 g/mol. The molecule has 0 N–H and O–H groups in total. The van der Waals surface area contributed by atoms with E-state index in [2.05, 4.69) is 26.3 Å². The molecule has 0 aromatic carbocycles. The first kappa shape index (κ1) is 14.2. The van der Waals surface area contributed by atoms with Gasteiger partial charge in [-0.1, -0.05) is 0 Å². The Morgan fingerprint density at radius 2 is 2.08 bits per heavy atom. The van der Waals surface area contributed by atoms with Crippen LogP contribution in [0.1, 0.15) is 24.5 Å². The number of ether oxygens (including phenoxy) is 1. The second-order valence-electron chi connectivity index (χ2n) is 7.07. The van der Waals surface area contributed by atoms with E-state index in [0.29, 0.717) is 25.7 Å². The molecule has 0 radical (unpaired) electrons. The van der Waals surface area contributed by atoms with Crippen molar-refractivity contribution < 1.29 is 9.53 Å². The maximum Gasteiger partial charge on any atom is 0.229 e. The molecule has 1 saturated carbocycles. The quantitative estimate of drug-likeness (QED) is 0.789. The molecule has 1 aliphatic carbocycles. The van der Waals surface area contributed by atoms with Crippen LogP contribution in [0.15, 0.2) is 12.4 Å². The average molecular weight is 328 g/mol. The highest BCUT2D eigenvalue weighted by Crippen LogP contribution is 2.40. The van der Waals surface area contributed by atoms with Crippen molar-refractivity contribution in [1.29, 1.82) is 0 Å². The van der Waals surface area contributed by atoms with Gasteiger partial charge in [0.05, 0.1) is 36.6 Å². The SMILES string of the molecule is CN1C(=O)[C@H]2COC[C@@H]1CN(c1cc(C3CC3)nn3cnnc13)C2. The van der Waals surface area contributed by atoms with Crippen molar-refractivity contribution in [2.45, 2.75) is 24.8 Å². The normalized spacial score (nSPS) is 27.6.